The van der Waals surface area contributed by atoms with Gasteiger partial charge in [0.15, 0.2) is 0 Å². The van der Waals surface area contributed by atoms with E-state index < -0.39 is 4.92 Å². The van der Waals surface area contributed by atoms with Gasteiger partial charge in [0.05, 0.1) is 11.3 Å². The van der Waals surface area contributed by atoms with Crippen LogP contribution in [0.3, 0.4) is 0 Å². The summed E-state index contributed by atoms with van der Waals surface area (Å²) in [6, 6.07) is 11.1. The van der Waals surface area contributed by atoms with E-state index in [0.717, 1.165) is 5.56 Å². The number of hydrogen-bond donors (Lipinski definition) is 1. The Morgan fingerprint density at radius 1 is 1.24 bits per heavy atom. The van der Waals surface area contributed by atoms with Crippen LogP contribution in [0, 0.1) is 17.0 Å². The maximum Gasteiger partial charge on any atom is 0.269 e. The van der Waals surface area contributed by atoms with E-state index in [4.69, 9.17) is 11.6 Å². The van der Waals surface area contributed by atoms with Crippen molar-refractivity contribution in [2.45, 2.75) is 13.3 Å². The molecule has 1 N–H and O–H groups in total. The molecule has 0 aliphatic heterocycles. The lowest BCUT2D eigenvalue weighted by molar-refractivity contribution is -0.384. The Morgan fingerprint density at radius 2 is 1.90 bits per heavy atom. The van der Waals surface area contributed by atoms with Gasteiger partial charge in [-0.25, -0.2) is 0 Å². The Bertz CT molecular complexity index is 684. The number of halogens is 1. The average molecular weight is 305 g/mol. The number of aryl methyl sites for hydroxylation is 1. The second-order valence-corrected chi connectivity index (χ2v) is 5.04. The molecule has 1 amide bonds. The second kappa shape index (κ2) is 6.37. The lowest BCUT2D eigenvalue weighted by atomic mass is 10.1. The lowest BCUT2D eigenvalue weighted by Crippen LogP contribution is -2.15. The van der Waals surface area contributed by atoms with Crippen LogP contribution in [0.4, 0.5) is 11.4 Å². The summed E-state index contributed by atoms with van der Waals surface area (Å²) in [6.07, 6.45) is 0.153. The van der Waals surface area contributed by atoms with E-state index in [0.29, 0.717) is 16.3 Å². The summed E-state index contributed by atoms with van der Waals surface area (Å²) in [7, 11) is 0. The fourth-order valence-corrected chi connectivity index (χ4v) is 2.11. The quantitative estimate of drug-likeness (QED) is 0.691. The molecule has 0 saturated carbocycles. The van der Waals surface area contributed by atoms with Crippen molar-refractivity contribution in [1.29, 1.82) is 0 Å². The number of anilines is 1. The topological polar surface area (TPSA) is 72.2 Å². The summed E-state index contributed by atoms with van der Waals surface area (Å²) < 4.78 is 0. The third-order valence-corrected chi connectivity index (χ3v) is 3.21. The van der Waals surface area contributed by atoms with Crippen molar-refractivity contribution in [1.82, 2.24) is 0 Å². The first-order chi connectivity index (χ1) is 9.95. The Kier molecular flexibility index (Phi) is 4.55. The zero-order valence-corrected chi connectivity index (χ0v) is 12.1. The molecular weight excluding hydrogens is 292 g/mol. The number of carbonyl (C=O) groups excluding carboxylic acids is 1. The molecule has 0 aliphatic rings. The molecule has 5 nitrogen and oxygen atoms in total. The molecule has 2 rings (SSSR count). The highest BCUT2D eigenvalue weighted by Gasteiger charge is 2.08. The molecule has 0 aliphatic carbocycles. The number of carbonyl (C=O) groups is 1. The minimum Gasteiger partial charge on any atom is -0.326 e. The fourth-order valence-electron chi connectivity index (χ4n) is 1.88. The minimum absolute atomic E-state index is 0.00713. The predicted molar refractivity (Wildman–Crippen MR) is 81.6 cm³/mol. The van der Waals surface area contributed by atoms with Crippen LogP contribution in [-0.2, 0) is 11.2 Å². The van der Waals surface area contributed by atoms with Gasteiger partial charge in [0.1, 0.15) is 0 Å². The zero-order valence-electron chi connectivity index (χ0n) is 11.3. The second-order valence-electron chi connectivity index (χ2n) is 4.61. The molecular formula is C15H13ClN2O3. The number of non-ortho nitro benzene ring substituents is 1. The maximum atomic E-state index is 12.0. The molecule has 0 saturated heterocycles. The summed E-state index contributed by atoms with van der Waals surface area (Å²) >= 11 is 5.86. The van der Waals surface area contributed by atoms with E-state index in [1.807, 2.05) is 6.92 Å². The normalized spacial score (nSPS) is 10.2. The standard InChI is InChI=1S/C15H13ClN2O3/c1-10-8-12(16)4-7-14(10)17-15(19)9-11-2-5-13(6-3-11)18(20)21/h2-8H,9H2,1H3,(H,17,19). The van der Waals surface area contributed by atoms with E-state index >= 15 is 0 Å². The van der Waals surface area contributed by atoms with Gasteiger partial charge in [-0.1, -0.05) is 23.7 Å². The number of rotatable bonds is 4. The molecule has 108 valence electrons. The van der Waals surface area contributed by atoms with Crippen LogP contribution in [0.1, 0.15) is 11.1 Å². The molecule has 2 aromatic carbocycles. The van der Waals surface area contributed by atoms with Crippen molar-refractivity contribution in [3.8, 4) is 0 Å². The van der Waals surface area contributed by atoms with Crippen molar-refractivity contribution in [3.63, 3.8) is 0 Å². The van der Waals surface area contributed by atoms with Crippen molar-refractivity contribution in [3.05, 3.63) is 68.7 Å². The highest BCUT2D eigenvalue weighted by Crippen LogP contribution is 2.20. The number of nitro groups is 1. The summed E-state index contributed by atoms with van der Waals surface area (Å²) in [4.78, 5) is 22.0. The smallest absolute Gasteiger partial charge is 0.269 e. The van der Waals surface area contributed by atoms with Gasteiger partial charge in [0.25, 0.3) is 5.69 Å². The van der Waals surface area contributed by atoms with E-state index in [9.17, 15) is 14.9 Å². The molecule has 0 spiro atoms. The summed E-state index contributed by atoms with van der Waals surface area (Å²) in [5.41, 5.74) is 2.29. The van der Waals surface area contributed by atoms with E-state index in [-0.39, 0.29) is 18.0 Å². The van der Waals surface area contributed by atoms with Crippen LogP contribution in [0.5, 0.6) is 0 Å². The van der Waals surface area contributed by atoms with Gasteiger partial charge in [-0.2, -0.15) is 0 Å². The van der Waals surface area contributed by atoms with Gasteiger partial charge in [0.2, 0.25) is 5.91 Å². The van der Waals surface area contributed by atoms with Gasteiger partial charge in [-0.3, -0.25) is 14.9 Å². The molecule has 6 heteroatoms. The molecule has 0 atom stereocenters. The number of amides is 1. The van der Waals surface area contributed by atoms with Crippen LogP contribution < -0.4 is 5.32 Å². The Balaban J connectivity index is 2.02. The van der Waals surface area contributed by atoms with Crippen LogP contribution in [0.25, 0.3) is 0 Å². The SMILES string of the molecule is Cc1cc(Cl)ccc1NC(=O)Cc1ccc([N+](=O)[O-])cc1. The first kappa shape index (κ1) is 15.0. The Hall–Kier alpha value is -2.40. The van der Waals surface area contributed by atoms with Gasteiger partial charge in [0, 0.05) is 22.8 Å². The first-order valence-electron chi connectivity index (χ1n) is 6.25. The first-order valence-corrected chi connectivity index (χ1v) is 6.63. The van der Waals surface area contributed by atoms with Crippen LogP contribution in [0.2, 0.25) is 5.02 Å². The van der Waals surface area contributed by atoms with Crippen molar-refractivity contribution in [2.24, 2.45) is 0 Å². The highest BCUT2D eigenvalue weighted by atomic mass is 35.5. The van der Waals surface area contributed by atoms with Gasteiger partial charge < -0.3 is 5.32 Å². The monoisotopic (exact) mass is 304 g/mol. The molecule has 2 aromatic rings. The summed E-state index contributed by atoms with van der Waals surface area (Å²) in [6.45, 7) is 1.85. The largest absolute Gasteiger partial charge is 0.326 e. The van der Waals surface area contributed by atoms with Crippen molar-refractivity contribution < 1.29 is 9.72 Å². The average Bonchev–Trinajstić information content (AvgIpc) is 2.42. The summed E-state index contributed by atoms with van der Waals surface area (Å²) in [5, 5.41) is 14.0. The maximum absolute atomic E-state index is 12.0. The molecule has 0 unspecified atom stereocenters. The highest BCUT2D eigenvalue weighted by molar-refractivity contribution is 6.30. The van der Waals surface area contributed by atoms with E-state index in [1.54, 1.807) is 30.3 Å². The number of hydrogen-bond acceptors (Lipinski definition) is 3. The van der Waals surface area contributed by atoms with Gasteiger partial charge in [-0.05, 0) is 36.2 Å². The fraction of sp³-hybridized carbons (Fsp3) is 0.133. The third-order valence-electron chi connectivity index (χ3n) is 2.97. The van der Waals surface area contributed by atoms with Gasteiger partial charge >= 0.3 is 0 Å². The third kappa shape index (κ3) is 4.03. The number of nitro benzene ring substituents is 1. The Morgan fingerprint density at radius 3 is 2.48 bits per heavy atom. The van der Waals surface area contributed by atoms with Crippen molar-refractivity contribution in [2.75, 3.05) is 5.32 Å². The van der Waals surface area contributed by atoms with E-state index in [1.165, 1.54) is 12.1 Å². The van der Waals surface area contributed by atoms with Crippen LogP contribution in [0.15, 0.2) is 42.5 Å². The predicted octanol–water partition coefficient (Wildman–Crippen LogP) is 3.74. The number of nitrogens with zero attached hydrogens (tertiary/aromatic N) is 1. The summed E-state index contributed by atoms with van der Waals surface area (Å²) in [5.74, 6) is -0.186. The van der Waals surface area contributed by atoms with Gasteiger partial charge in [-0.15, -0.1) is 0 Å². The lowest BCUT2D eigenvalue weighted by Gasteiger charge is -2.08. The molecule has 21 heavy (non-hydrogen) atoms. The molecule has 0 bridgehead atoms. The van der Waals surface area contributed by atoms with Crippen LogP contribution >= 0.6 is 11.6 Å². The Labute approximate surface area is 126 Å². The number of benzene rings is 2. The molecule has 0 heterocycles. The van der Waals surface area contributed by atoms with Crippen molar-refractivity contribution >= 4 is 28.9 Å². The molecule has 0 fully saturated rings. The number of nitrogens with one attached hydrogen (secondary N) is 1. The molecule has 0 aromatic heterocycles. The zero-order chi connectivity index (χ0) is 15.4. The van der Waals surface area contributed by atoms with Crippen LogP contribution in [-0.4, -0.2) is 10.8 Å². The van der Waals surface area contributed by atoms with E-state index in [2.05, 4.69) is 5.32 Å². The minimum atomic E-state index is -0.471. The molecule has 0 radical (unpaired) electrons.